The molecule has 0 aromatic rings. The first-order valence-electron chi connectivity index (χ1n) is 10.2. The summed E-state index contributed by atoms with van der Waals surface area (Å²) in [5, 5.41) is 0. The van der Waals surface area contributed by atoms with Gasteiger partial charge in [-0.05, 0) is 92.8 Å². The molecule has 0 radical (unpaired) electrons. The Hall–Kier alpha value is -0.300. The Kier molecular flexibility index (Phi) is 2.90. The fraction of sp³-hybridized carbons (Fsp3) is 0.909. The summed E-state index contributed by atoms with van der Waals surface area (Å²) in [4.78, 5) is 0. The van der Waals surface area contributed by atoms with Crippen LogP contribution in [-0.4, -0.2) is 13.2 Å². The number of rotatable bonds is 1. The molecule has 1 nitrogen and oxygen atoms in total. The van der Waals surface area contributed by atoms with Crippen LogP contribution < -0.4 is 0 Å². The van der Waals surface area contributed by atoms with Gasteiger partial charge < -0.3 is 4.74 Å². The fourth-order valence-electron chi connectivity index (χ4n) is 8.90. The van der Waals surface area contributed by atoms with Crippen LogP contribution in [0.5, 0.6) is 0 Å². The second kappa shape index (κ2) is 4.45. The number of allylic oxidation sites excluding steroid dienone is 2. The number of hydrogen-bond donors (Lipinski definition) is 0. The highest BCUT2D eigenvalue weighted by Crippen LogP contribution is 2.82. The Morgan fingerprint density at radius 3 is 2.61 bits per heavy atom. The standard InChI is InChI=1S/C22H34O/c1-5-14-6-7-17-16-12-19(23-4)22-13-15(22)8-11-21(22,3)18(16)9-10-20(14,17)2/h5,15-19H,6-13H2,1-4H3/b14-5-/t15-,16+,17+,18+,19-,20-,21-,22+/m1/s1. The predicted octanol–water partition coefficient (Wildman–Crippen LogP) is 5.60. The summed E-state index contributed by atoms with van der Waals surface area (Å²) in [7, 11) is 2.00. The summed E-state index contributed by atoms with van der Waals surface area (Å²) in [6.07, 6.45) is 14.6. The lowest BCUT2D eigenvalue weighted by atomic mass is 9.46. The van der Waals surface area contributed by atoms with Crippen molar-refractivity contribution >= 4 is 0 Å². The topological polar surface area (TPSA) is 9.23 Å². The van der Waals surface area contributed by atoms with E-state index < -0.39 is 0 Å². The van der Waals surface area contributed by atoms with E-state index in [9.17, 15) is 0 Å². The Bertz CT molecular complexity index is 564. The van der Waals surface area contributed by atoms with E-state index >= 15 is 0 Å². The molecule has 0 aromatic carbocycles. The van der Waals surface area contributed by atoms with Crippen LogP contribution in [0.3, 0.4) is 0 Å². The number of fused-ring (bicyclic) bond motifs is 4. The Morgan fingerprint density at radius 2 is 1.91 bits per heavy atom. The molecule has 23 heavy (non-hydrogen) atoms. The quantitative estimate of drug-likeness (QED) is 0.572. The monoisotopic (exact) mass is 314 g/mol. The molecule has 128 valence electrons. The molecule has 5 saturated carbocycles. The summed E-state index contributed by atoms with van der Waals surface area (Å²) in [5.41, 5.74) is 3.45. The van der Waals surface area contributed by atoms with Crippen molar-refractivity contribution in [3.8, 4) is 0 Å². The van der Waals surface area contributed by atoms with Gasteiger partial charge >= 0.3 is 0 Å². The smallest absolute Gasteiger partial charge is 0.0638 e. The number of methoxy groups -OCH3 is 1. The van der Waals surface area contributed by atoms with E-state index in [1.807, 2.05) is 7.11 Å². The first kappa shape index (κ1) is 15.0. The molecular formula is C22H34O. The Balaban J connectivity index is 1.55. The van der Waals surface area contributed by atoms with Gasteiger partial charge in [0.25, 0.3) is 0 Å². The zero-order chi connectivity index (χ0) is 16.0. The molecule has 5 fully saturated rings. The summed E-state index contributed by atoms with van der Waals surface area (Å²) < 4.78 is 6.18. The molecule has 0 N–H and O–H groups in total. The maximum absolute atomic E-state index is 6.18. The average molecular weight is 315 g/mol. The molecule has 0 unspecified atom stereocenters. The van der Waals surface area contributed by atoms with E-state index in [1.54, 1.807) is 5.57 Å². The molecular weight excluding hydrogens is 280 g/mol. The molecule has 0 amide bonds. The maximum Gasteiger partial charge on any atom is 0.0638 e. The van der Waals surface area contributed by atoms with Crippen LogP contribution in [0.25, 0.3) is 0 Å². The van der Waals surface area contributed by atoms with E-state index in [2.05, 4.69) is 26.8 Å². The molecule has 5 rings (SSSR count). The summed E-state index contributed by atoms with van der Waals surface area (Å²) in [6, 6.07) is 0. The average Bonchev–Trinajstić information content (AvgIpc) is 3.06. The summed E-state index contributed by atoms with van der Waals surface area (Å²) >= 11 is 0. The summed E-state index contributed by atoms with van der Waals surface area (Å²) in [5.74, 6) is 3.83. The van der Waals surface area contributed by atoms with Gasteiger partial charge in [-0.1, -0.05) is 25.5 Å². The van der Waals surface area contributed by atoms with Crippen LogP contribution in [0.15, 0.2) is 11.6 Å². The summed E-state index contributed by atoms with van der Waals surface area (Å²) in [6.45, 7) is 7.55. The van der Waals surface area contributed by atoms with Crippen LogP contribution in [0.2, 0.25) is 0 Å². The number of hydrogen-bond acceptors (Lipinski definition) is 1. The highest BCUT2D eigenvalue weighted by molar-refractivity contribution is 5.29. The third-order valence-corrected chi connectivity index (χ3v) is 10.0. The zero-order valence-corrected chi connectivity index (χ0v) is 15.5. The lowest BCUT2D eigenvalue weighted by Gasteiger charge is -2.60. The van der Waals surface area contributed by atoms with Gasteiger partial charge in [-0.3, -0.25) is 0 Å². The fourth-order valence-corrected chi connectivity index (χ4v) is 8.90. The molecule has 0 heterocycles. The van der Waals surface area contributed by atoms with Gasteiger partial charge in [-0.15, -0.1) is 0 Å². The second-order valence-electron chi connectivity index (χ2n) is 10.0. The van der Waals surface area contributed by atoms with Crippen molar-refractivity contribution in [3.63, 3.8) is 0 Å². The second-order valence-corrected chi connectivity index (χ2v) is 10.0. The highest BCUT2D eigenvalue weighted by atomic mass is 16.5. The van der Waals surface area contributed by atoms with E-state index in [-0.39, 0.29) is 0 Å². The molecule has 0 aromatic heterocycles. The van der Waals surface area contributed by atoms with Crippen LogP contribution >= 0.6 is 0 Å². The van der Waals surface area contributed by atoms with E-state index in [0.717, 1.165) is 23.7 Å². The molecule has 1 heteroatoms. The zero-order valence-electron chi connectivity index (χ0n) is 15.5. The maximum atomic E-state index is 6.18. The van der Waals surface area contributed by atoms with Crippen molar-refractivity contribution in [2.24, 2.45) is 39.9 Å². The molecule has 0 saturated heterocycles. The largest absolute Gasteiger partial charge is 0.381 e. The van der Waals surface area contributed by atoms with Gasteiger partial charge in [0.15, 0.2) is 0 Å². The minimum absolute atomic E-state index is 0.511. The van der Waals surface area contributed by atoms with Crippen LogP contribution in [0.4, 0.5) is 0 Å². The van der Waals surface area contributed by atoms with Crippen molar-refractivity contribution in [2.45, 2.75) is 78.2 Å². The van der Waals surface area contributed by atoms with E-state index in [1.165, 1.54) is 51.4 Å². The van der Waals surface area contributed by atoms with Gasteiger partial charge in [0.1, 0.15) is 0 Å². The van der Waals surface area contributed by atoms with E-state index in [0.29, 0.717) is 22.3 Å². The van der Waals surface area contributed by atoms with Crippen molar-refractivity contribution in [1.82, 2.24) is 0 Å². The molecule has 0 aliphatic heterocycles. The van der Waals surface area contributed by atoms with Crippen molar-refractivity contribution in [3.05, 3.63) is 11.6 Å². The lowest BCUT2D eigenvalue weighted by Crippen LogP contribution is -2.56. The minimum atomic E-state index is 0.511. The molecule has 0 bridgehead atoms. The van der Waals surface area contributed by atoms with Gasteiger partial charge in [0, 0.05) is 12.5 Å². The first-order chi connectivity index (χ1) is 11.0. The minimum Gasteiger partial charge on any atom is -0.381 e. The van der Waals surface area contributed by atoms with Crippen molar-refractivity contribution in [1.29, 1.82) is 0 Å². The molecule has 1 spiro atoms. The van der Waals surface area contributed by atoms with Gasteiger partial charge in [0.05, 0.1) is 6.10 Å². The molecule has 5 aliphatic carbocycles. The molecule has 5 aliphatic rings. The normalized spacial score (nSPS) is 61.7. The van der Waals surface area contributed by atoms with E-state index in [4.69, 9.17) is 4.74 Å². The van der Waals surface area contributed by atoms with Crippen molar-refractivity contribution in [2.75, 3.05) is 7.11 Å². The third kappa shape index (κ3) is 1.51. The molecule has 8 atom stereocenters. The number of ether oxygens (including phenoxy) is 1. The highest BCUT2D eigenvalue weighted by Gasteiger charge is 2.77. The lowest BCUT2D eigenvalue weighted by molar-refractivity contribution is -0.152. The van der Waals surface area contributed by atoms with Crippen LogP contribution in [-0.2, 0) is 4.74 Å². The van der Waals surface area contributed by atoms with Crippen molar-refractivity contribution < 1.29 is 4.74 Å². The van der Waals surface area contributed by atoms with Crippen LogP contribution in [0.1, 0.15) is 72.1 Å². The predicted molar refractivity (Wildman–Crippen MR) is 94.1 cm³/mol. The Morgan fingerprint density at radius 1 is 1.09 bits per heavy atom. The van der Waals surface area contributed by atoms with Gasteiger partial charge in [-0.25, -0.2) is 0 Å². The van der Waals surface area contributed by atoms with Crippen LogP contribution in [0, 0.1) is 39.9 Å². The van der Waals surface area contributed by atoms with Gasteiger partial charge in [0.2, 0.25) is 0 Å². The SMILES string of the molecule is C/C=C1/CC[C@H]2[C@@H]3C[C@@H](OC)[C@]45C[C@H]4CC[C@]5(C)[C@H]3CC[C@]12C. The third-order valence-electron chi connectivity index (χ3n) is 10.0. The first-order valence-corrected chi connectivity index (χ1v) is 10.2. The van der Waals surface area contributed by atoms with Gasteiger partial charge in [-0.2, -0.15) is 0 Å². The Labute approximate surface area is 142 Å².